The van der Waals surface area contributed by atoms with Gasteiger partial charge in [-0.15, -0.1) is 10.2 Å². The zero-order valence-corrected chi connectivity index (χ0v) is 8.81. The van der Waals surface area contributed by atoms with Gasteiger partial charge in [0.1, 0.15) is 0 Å². The Kier molecular flexibility index (Phi) is 2.73. The van der Waals surface area contributed by atoms with Gasteiger partial charge in [-0.3, -0.25) is 0 Å². The zero-order valence-electron chi connectivity index (χ0n) is 8.81. The van der Waals surface area contributed by atoms with Crippen LogP contribution in [0.1, 0.15) is 5.56 Å². The molecule has 0 amide bonds. The summed E-state index contributed by atoms with van der Waals surface area (Å²) in [6.07, 6.45) is 0. The van der Waals surface area contributed by atoms with E-state index < -0.39 is 0 Å². The molecule has 78 valence electrons. The highest BCUT2D eigenvalue weighted by molar-refractivity contribution is 5.54. The number of hydrogen-bond donors (Lipinski definition) is 1. The molecule has 5 heteroatoms. The molecular weight excluding hydrogens is 190 g/mol. The van der Waals surface area contributed by atoms with Crippen LogP contribution in [0.5, 0.6) is 0 Å². The Morgan fingerprint density at radius 2 is 2.00 bits per heavy atom. The molecule has 0 saturated carbocycles. The third-order valence-electron chi connectivity index (χ3n) is 2.10. The van der Waals surface area contributed by atoms with Crippen molar-refractivity contribution in [1.29, 1.82) is 0 Å². The number of rotatable bonds is 3. The Hall–Kier alpha value is -1.75. The third kappa shape index (κ3) is 2.19. The summed E-state index contributed by atoms with van der Waals surface area (Å²) < 4.78 is 0. The van der Waals surface area contributed by atoms with Crippen LogP contribution in [0.3, 0.4) is 0 Å². The lowest BCUT2D eigenvalue weighted by atomic mass is 10.1. The second kappa shape index (κ2) is 4.18. The molecule has 0 spiro atoms. The Balaban J connectivity index is 2.23. The SMILES string of the molecule is CNCc1ccc(-c2nnn(C)n2)cc1. The maximum absolute atomic E-state index is 4.14. The highest BCUT2D eigenvalue weighted by Gasteiger charge is 2.03. The molecule has 0 saturated heterocycles. The monoisotopic (exact) mass is 203 g/mol. The molecule has 0 atom stereocenters. The predicted molar refractivity (Wildman–Crippen MR) is 57.0 cm³/mol. The molecule has 0 aliphatic carbocycles. The van der Waals surface area contributed by atoms with Crippen LogP contribution in [0.2, 0.25) is 0 Å². The molecule has 0 fully saturated rings. The summed E-state index contributed by atoms with van der Waals surface area (Å²) in [4.78, 5) is 1.46. The van der Waals surface area contributed by atoms with Crippen LogP contribution in [-0.2, 0) is 13.6 Å². The van der Waals surface area contributed by atoms with Gasteiger partial charge in [0.05, 0.1) is 7.05 Å². The largest absolute Gasteiger partial charge is 0.316 e. The molecule has 0 aliphatic heterocycles. The number of aryl methyl sites for hydroxylation is 1. The average Bonchev–Trinajstić information content (AvgIpc) is 2.67. The Morgan fingerprint density at radius 3 is 2.53 bits per heavy atom. The first-order valence-electron chi connectivity index (χ1n) is 4.77. The molecule has 2 rings (SSSR count). The van der Waals surface area contributed by atoms with Crippen LogP contribution in [0.4, 0.5) is 0 Å². The van der Waals surface area contributed by atoms with Crippen LogP contribution < -0.4 is 5.32 Å². The van der Waals surface area contributed by atoms with E-state index in [1.54, 1.807) is 7.05 Å². The number of nitrogens with one attached hydrogen (secondary N) is 1. The molecule has 1 N–H and O–H groups in total. The lowest BCUT2D eigenvalue weighted by molar-refractivity contribution is 0.630. The van der Waals surface area contributed by atoms with E-state index >= 15 is 0 Å². The Bertz CT molecular complexity index is 431. The van der Waals surface area contributed by atoms with Crippen molar-refractivity contribution in [3.8, 4) is 11.4 Å². The van der Waals surface area contributed by atoms with Crippen LogP contribution in [0.15, 0.2) is 24.3 Å². The van der Waals surface area contributed by atoms with E-state index in [0.29, 0.717) is 5.82 Å². The fraction of sp³-hybridized carbons (Fsp3) is 0.300. The van der Waals surface area contributed by atoms with Crippen LogP contribution in [-0.4, -0.2) is 27.3 Å². The Labute approximate surface area is 88.1 Å². The minimum absolute atomic E-state index is 0.661. The molecular formula is C10H13N5. The lowest BCUT2D eigenvalue weighted by Crippen LogP contribution is -2.04. The van der Waals surface area contributed by atoms with Gasteiger partial charge in [0.2, 0.25) is 5.82 Å². The van der Waals surface area contributed by atoms with Gasteiger partial charge in [0, 0.05) is 12.1 Å². The molecule has 2 aromatic rings. The summed E-state index contributed by atoms with van der Waals surface area (Å²) in [5, 5.41) is 15.0. The predicted octanol–water partition coefficient (Wildman–Crippen LogP) is 0.596. The van der Waals surface area contributed by atoms with E-state index in [4.69, 9.17) is 0 Å². The van der Waals surface area contributed by atoms with Crippen molar-refractivity contribution in [2.45, 2.75) is 6.54 Å². The standard InChI is InChI=1S/C10H13N5/c1-11-7-8-3-5-9(6-4-8)10-12-14-15(2)13-10/h3-6,11H,7H2,1-2H3. The highest BCUT2D eigenvalue weighted by Crippen LogP contribution is 2.13. The van der Waals surface area contributed by atoms with E-state index in [2.05, 4.69) is 32.9 Å². The smallest absolute Gasteiger partial charge is 0.204 e. The van der Waals surface area contributed by atoms with Crippen molar-refractivity contribution in [3.05, 3.63) is 29.8 Å². The summed E-state index contributed by atoms with van der Waals surface area (Å²) in [6, 6.07) is 8.12. The van der Waals surface area contributed by atoms with Gasteiger partial charge >= 0.3 is 0 Å². The normalized spacial score (nSPS) is 10.5. The van der Waals surface area contributed by atoms with Crippen molar-refractivity contribution in [1.82, 2.24) is 25.5 Å². The fourth-order valence-corrected chi connectivity index (χ4v) is 1.38. The number of benzene rings is 1. The van der Waals surface area contributed by atoms with Gasteiger partial charge in [-0.25, -0.2) is 0 Å². The van der Waals surface area contributed by atoms with Crippen molar-refractivity contribution >= 4 is 0 Å². The number of hydrogen-bond acceptors (Lipinski definition) is 4. The van der Waals surface area contributed by atoms with Crippen molar-refractivity contribution < 1.29 is 0 Å². The molecule has 0 unspecified atom stereocenters. The van der Waals surface area contributed by atoms with Gasteiger partial charge in [-0.1, -0.05) is 24.3 Å². The molecule has 1 aromatic heterocycles. The molecule has 0 bridgehead atoms. The first-order valence-corrected chi connectivity index (χ1v) is 4.77. The second-order valence-electron chi connectivity index (χ2n) is 3.33. The van der Waals surface area contributed by atoms with E-state index in [9.17, 15) is 0 Å². The first-order chi connectivity index (χ1) is 7.29. The van der Waals surface area contributed by atoms with E-state index in [1.807, 2.05) is 19.2 Å². The Morgan fingerprint density at radius 1 is 1.27 bits per heavy atom. The van der Waals surface area contributed by atoms with Crippen LogP contribution in [0.25, 0.3) is 11.4 Å². The van der Waals surface area contributed by atoms with Gasteiger partial charge in [0.15, 0.2) is 0 Å². The summed E-state index contributed by atoms with van der Waals surface area (Å²) >= 11 is 0. The van der Waals surface area contributed by atoms with Gasteiger partial charge in [0.25, 0.3) is 0 Å². The van der Waals surface area contributed by atoms with E-state index in [0.717, 1.165) is 12.1 Å². The highest BCUT2D eigenvalue weighted by atomic mass is 15.6. The van der Waals surface area contributed by atoms with E-state index in [1.165, 1.54) is 10.4 Å². The number of tetrazole rings is 1. The zero-order chi connectivity index (χ0) is 10.7. The van der Waals surface area contributed by atoms with Gasteiger partial charge < -0.3 is 5.32 Å². The quantitative estimate of drug-likeness (QED) is 0.793. The van der Waals surface area contributed by atoms with Crippen molar-refractivity contribution in [3.63, 3.8) is 0 Å². The third-order valence-corrected chi connectivity index (χ3v) is 2.10. The fourth-order valence-electron chi connectivity index (χ4n) is 1.38. The number of nitrogens with zero attached hydrogens (tertiary/aromatic N) is 4. The molecule has 1 heterocycles. The lowest BCUT2D eigenvalue weighted by Gasteiger charge is -2.00. The van der Waals surface area contributed by atoms with Crippen molar-refractivity contribution in [2.75, 3.05) is 7.05 Å². The van der Waals surface area contributed by atoms with Gasteiger partial charge in [-0.05, 0) is 17.8 Å². The summed E-state index contributed by atoms with van der Waals surface area (Å²) in [5.41, 5.74) is 2.23. The van der Waals surface area contributed by atoms with Gasteiger partial charge in [-0.2, -0.15) is 4.80 Å². The molecule has 0 radical (unpaired) electrons. The summed E-state index contributed by atoms with van der Waals surface area (Å²) in [7, 11) is 3.68. The first kappa shape index (κ1) is 9.79. The van der Waals surface area contributed by atoms with Crippen LogP contribution >= 0.6 is 0 Å². The summed E-state index contributed by atoms with van der Waals surface area (Å²) in [6.45, 7) is 0.869. The molecule has 5 nitrogen and oxygen atoms in total. The molecule has 1 aromatic carbocycles. The minimum atomic E-state index is 0.661. The van der Waals surface area contributed by atoms with E-state index in [-0.39, 0.29) is 0 Å². The molecule has 15 heavy (non-hydrogen) atoms. The van der Waals surface area contributed by atoms with Crippen LogP contribution in [0, 0.1) is 0 Å². The maximum Gasteiger partial charge on any atom is 0.204 e. The molecule has 0 aliphatic rings. The second-order valence-corrected chi connectivity index (χ2v) is 3.33. The number of aromatic nitrogens is 4. The summed E-state index contributed by atoms with van der Waals surface area (Å²) in [5.74, 6) is 0.661. The minimum Gasteiger partial charge on any atom is -0.316 e. The average molecular weight is 203 g/mol. The van der Waals surface area contributed by atoms with Crippen molar-refractivity contribution in [2.24, 2.45) is 7.05 Å². The topological polar surface area (TPSA) is 55.6 Å². The maximum atomic E-state index is 4.14.